The molecule has 2 rings (SSSR count). The number of unbranched alkanes of at least 4 members (excludes halogenated alkanes) is 8. The van der Waals surface area contributed by atoms with Gasteiger partial charge in [0, 0.05) is 5.92 Å². The third-order valence-corrected chi connectivity index (χ3v) is 7.02. The van der Waals surface area contributed by atoms with E-state index in [1.54, 1.807) is 0 Å². The molecular formula is C28H52O2. The van der Waals surface area contributed by atoms with Crippen molar-refractivity contribution in [2.75, 3.05) is 0 Å². The lowest BCUT2D eigenvalue weighted by molar-refractivity contribution is 0.0696. The van der Waals surface area contributed by atoms with Gasteiger partial charge in [0.15, 0.2) is 0 Å². The molecule has 0 radical (unpaired) electrons. The average Bonchev–Trinajstić information content (AvgIpc) is 2.75. The second-order valence-electron chi connectivity index (χ2n) is 9.84. The number of ether oxygens (including phenoxy) is 1. The van der Waals surface area contributed by atoms with Gasteiger partial charge in [-0.25, -0.2) is 0 Å². The highest BCUT2D eigenvalue weighted by atomic mass is 16.5. The monoisotopic (exact) mass is 420 g/mol. The van der Waals surface area contributed by atoms with Gasteiger partial charge in [-0.3, -0.25) is 0 Å². The molecule has 1 heterocycles. The normalized spacial score (nSPS) is 23.8. The van der Waals surface area contributed by atoms with Gasteiger partial charge in [-0.2, -0.15) is 0 Å². The van der Waals surface area contributed by atoms with Crippen molar-refractivity contribution in [2.24, 2.45) is 11.8 Å². The Bertz CT molecular complexity index is 529. The predicted octanol–water partition coefficient (Wildman–Crippen LogP) is 8.74. The van der Waals surface area contributed by atoms with E-state index in [4.69, 9.17) is 4.74 Å². The summed E-state index contributed by atoms with van der Waals surface area (Å²) in [4.78, 5) is 0. The second kappa shape index (κ2) is 15.1. The molecule has 2 aliphatic rings. The van der Waals surface area contributed by atoms with Crippen molar-refractivity contribution >= 4 is 0 Å². The Balaban J connectivity index is 0.00000218. The van der Waals surface area contributed by atoms with Crippen LogP contribution in [0.3, 0.4) is 0 Å². The highest BCUT2D eigenvalue weighted by Gasteiger charge is 2.34. The molecule has 0 bridgehead atoms. The predicted molar refractivity (Wildman–Crippen MR) is 132 cm³/mol. The summed E-state index contributed by atoms with van der Waals surface area (Å²) < 4.78 is 6.40. The van der Waals surface area contributed by atoms with Gasteiger partial charge in [-0.1, -0.05) is 92.4 Å². The quantitative estimate of drug-likeness (QED) is 0.320. The fourth-order valence-corrected chi connectivity index (χ4v) is 4.79. The van der Waals surface area contributed by atoms with Crippen molar-refractivity contribution < 1.29 is 9.84 Å². The third kappa shape index (κ3) is 8.77. The van der Waals surface area contributed by atoms with Gasteiger partial charge in [0.25, 0.3) is 0 Å². The summed E-state index contributed by atoms with van der Waals surface area (Å²) in [5, 5.41) is 10.4. The fraction of sp³-hybridized carbons (Fsp3) is 0.857. The summed E-state index contributed by atoms with van der Waals surface area (Å²) in [6, 6.07) is 0. The summed E-state index contributed by atoms with van der Waals surface area (Å²) >= 11 is 0. The number of aliphatic hydroxyl groups excluding tert-OH is 1. The maximum Gasteiger partial charge on any atom is 0.122 e. The maximum atomic E-state index is 10.4. The number of aliphatic hydroxyl groups is 1. The summed E-state index contributed by atoms with van der Waals surface area (Å²) in [5.41, 5.74) is 3.66. The Morgan fingerprint density at radius 3 is 1.97 bits per heavy atom. The summed E-state index contributed by atoms with van der Waals surface area (Å²) in [6.07, 6.45) is 17.4. The van der Waals surface area contributed by atoms with Crippen molar-refractivity contribution in [2.45, 2.75) is 144 Å². The molecule has 0 aromatic heterocycles. The number of hydrogen-bond donors (Lipinski definition) is 1. The van der Waals surface area contributed by atoms with Gasteiger partial charge in [0.1, 0.15) is 5.76 Å². The van der Waals surface area contributed by atoms with Crippen LogP contribution < -0.4 is 0 Å². The van der Waals surface area contributed by atoms with Crippen molar-refractivity contribution in [3.63, 3.8) is 0 Å². The molecular weight excluding hydrogens is 368 g/mol. The molecule has 176 valence electrons. The standard InChI is InChI=1S/C26H46O2.C2H6/c1-19(2)15-13-11-9-7-6-8-10-12-14-16-23-17-18-24-22(5)25(27)20(3)21(4)26(24)28-23;1-2/h19-20,23,25,27H,6-18H2,1-5H3;1-2H3. The third-order valence-electron chi connectivity index (χ3n) is 7.02. The highest BCUT2D eigenvalue weighted by molar-refractivity contribution is 5.42. The average molecular weight is 421 g/mol. The minimum absolute atomic E-state index is 0.183. The molecule has 1 aliphatic carbocycles. The molecule has 0 spiro atoms. The van der Waals surface area contributed by atoms with Crippen LogP contribution in [-0.2, 0) is 4.74 Å². The number of fused-ring (bicyclic) bond motifs is 1. The Morgan fingerprint density at radius 2 is 1.40 bits per heavy atom. The van der Waals surface area contributed by atoms with E-state index in [1.165, 1.54) is 81.8 Å². The summed E-state index contributed by atoms with van der Waals surface area (Å²) in [5.74, 6) is 2.17. The van der Waals surface area contributed by atoms with E-state index in [-0.39, 0.29) is 12.0 Å². The van der Waals surface area contributed by atoms with E-state index in [0.717, 1.165) is 30.1 Å². The molecule has 3 unspecified atom stereocenters. The highest BCUT2D eigenvalue weighted by Crippen LogP contribution is 2.41. The SMILES string of the molecule is CC.CC1=C2OC(CCCCCCCCCCCC(C)C)CCC2=C(C)C(O)C1C. The Morgan fingerprint density at radius 1 is 0.867 bits per heavy atom. The van der Waals surface area contributed by atoms with Crippen LogP contribution in [0, 0.1) is 11.8 Å². The van der Waals surface area contributed by atoms with Crippen LogP contribution in [0.25, 0.3) is 0 Å². The lowest BCUT2D eigenvalue weighted by atomic mass is 9.79. The van der Waals surface area contributed by atoms with E-state index >= 15 is 0 Å². The minimum Gasteiger partial charge on any atom is -0.490 e. The smallest absolute Gasteiger partial charge is 0.122 e. The van der Waals surface area contributed by atoms with Crippen molar-refractivity contribution in [3.05, 3.63) is 22.5 Å². The summed E-state index contributed by atoms with van der Waals surface area (Å²) in [6.45, 7) is 15.0. The molecule has 0 aromatic carbocycles. The first-order chi connectivity index (χ1) is 14.4. The van der Waals surface area contributed by atoms with Crippen LogP contribution in [0.2, 0.25) is 0 Å². The van der Waals surface area contributed by atoms with Gasteiger partial charge in [0.2, 0.25) is 0 Å². The van der Waals surface area contributed by atoms with Crippen molar-refractivity contribution in [1.29, 1.82) is 0 Å². The lowest BCUT2D eigenvalue weighted by Gasteiger charge is -2.37. The Hall–Kier alpha value is -0.760. The topological polar surface area (TPSA) is 29.5 Å². The van der Waals surface area contributed by atoms with Crippen molar-refractivity contribution in [1.82, 2.24) is 0 Å². The first-order valence-electron chi connectivity index (χ1n) is 13.2. The zero-order chi connectivity index (χ0) is 22.5. The van der Waals surface area contributed by atoms with E-state index in [0.29, 0.717) is 6.10 Å². The molecule has 1 aliphatic heterocycles. The molecule has 0 saturated carbocycles. The number of allylic oxidation sites excluding steroid dienone is 1. The van der Waals surface area contributed by atoms with E-state index in [2.05, 4.69) is 34.6 Å². The Kier molecular flexibility index (Phi) is 13.7. The van der Waals surface area contributed by atoms with Crippen LogP contribution in [0.1, 0.15) is 132 Å². The first-order valence-corrected chi connectivity index (χ1v) is 13.2. The van der Waals surface area contributed by atoms with Crippen LogP contribution in [0.15, 0.2) is 22.5 Å². The molecule has 0 aromatic rings. The molecule has 3 atom stereocenters. The fourth-order valence-electron chi connectivity index (χ4n) is 4.79. The maximum absolute atomic E-state index is 10.4. The molecule has 1 fully saturated rings. The molecule has 2 nitrogen and oxygen atoms in total. The Labute approximate surface area is 188 Å². The molecule has 30 heavy (non-hydrogen) atoms. The van der Waals surface area contributed by atoms with Gasteiger partial charge in [-0.15, -0.1) is 0 Å². The zero-order valence-corrected chi connectivity index (χ0v) is 21.4. The van der Waals surface area contributed by atoms with Crippen LogP contribution in [0.4, 0.5) is 0 Å². The van der Waals surface area contributed by atoms with E-state index < -0.39 is 0 Å². The van der Waals surface area contributed by atoms with Crippen molar-refractivity contribution in [3.8, 4) is 0 Å². The van der Waals surface area contributed by atoms with E-state index in [9.17, 15) is 5.11 Å². The van der Waals surface area contributed by atoms with Crippen LogP contribution >= 0.6 is 0 Å². The lowest BCUT2D eigenvalue weighted by Crippen LogP contribution is -2.31. The van der Waals surface area contributed by atoms with Gasteiger partial charge in [-0.05, 0) is 62.2 Å². The number of hydrogen-bond acceptors (Lipinski definition) is 2. The van der Waals surface area contributed by atoms with Gasteiger partial charge < -0.3 is 9.84 Å². The minimum atomic E-state index is -0.325. The van der Waals surface area contributed by atoms with Gasteiger partial charge in [0.05, 0.1) is 12.2 Å². The summed E-state index contributed by atoms with van der Waals surface area (Å²) in [7, 11) is 0. The molecule has 1 N–H and O–H groups in total. The zero-order valence-electron chi connectivity index (χ0n) is 21.4. The van der Waals surface area contributed by atoms with E-state index in [1.807, 2.05) is 13.8 Å². The second-order valence-corrected chi connectivity index (χ2v) is 9.84. The number of rotatable bonds is 12. The largest absolute Gasteiger partial charge is 0.490 e. The first kappa shape index (κ1) is 27.3. The molecule has 0 amide bonds. The molecule has 2 heteroatoms. The van der Waals surface area contributed by atoms with Crippen LogP contribution in [0.5, 0.6) is 0 Å². The van der Waals surface area contributed by atoms with Gasteiger partial charge >= 0.3 is 0 Å². The molecule has 1 saturated heterocycles. The van der Waals surface area contributed by atoms with Crippen LogP contribution in [-0.4, -0.2) is 17.3 Å².